The molecule has 5 heteroatoms. The highest BCUT2D eigenvalue weighted by Gasteiger charge is 2.04. The Morgan fingerprint density at radius 1 is 1.25 bits per heavy atom. The van der Waals surface area contributed by atoms with Gasteiger partial charge >= 0.3 is 0 Å². The number of nitrogens with zero attached hydrogens (tertiary/aromatic N) is 3. The van der Waals surface area contributed by atoms with Gasteiger partial charge in [-0.2, -0.15) is 5.26 Å². The molecule has 16 heavy (non-hydrogen) atoms. The number of nitriles is 1. The van der Waals surface area contributed by atoms with Crippen LogP contribution in [0.4, 0.5) is 0 Å². The smallest absolute Gasteiger partial charge is 0.141 e. The molecule has 78 valence electrons. The Bertz CT molecular complexity index is 551. The van der Waals surface area contributed by atoms with Crippen LogP contribution in [0.1, 0.15) is 5.69 Å². The van der Waals surface area contributed by atoms with Crippen molar-refractivity contribution in [2.75, 3.05) is 0 Å². The molecule has 0 fully saturated rings. The molecule has 2 aromatic heterocycles. The summed E-state index contributed by atoms with van der Waals surface area (Å²) in [5.74, 6) is 0. The van der Waals surface area contributed by atoms with Gasteiger partial charge in [0.2, 0.25) is 0 Å². The van der Waals surface area contributed by atoms with Crippen LogP contribution in [-0.4, -0.2) is 9.97 Å². The molecular weight excluding hydrogens is 242 g/mol. The van der Waals surface area contributed by atoms with E-state index in [9.17, 15) is 0 Å². The first kappa shape index (κ1) is 10.9. The van der Waals surface area contributed by atoms with Gasteiger partial charge in [-0.25, -0.2) is 9.97 Å². The van der Waals surface area contributed by atoms with Crippen LogP contribution < -0.4 is 0 Å². The Labute approximate surface area is 102 Å². The first-order chi connectivity index (χ1) is 7.79. The molecule has 0 N–H and O–H groups in total. The van der Waals surface area contributed by atoms with Crippen LogP contribution in [0.3, 0.4) is 0 Å². The van der Waals surface area contributed by atoms with Crippen LogP contribution in [0.25, 0.3) is 0 Å². The number of halogens is 1. The van der Waals surface area contributed by atoms with Gasteiger partial charge in [0.1, 0.15) is 16.8 Å². The second kappa shape index (κ2) is 4.97. The first-order valence-corrected chi connectivity index (χ1v) is 5.63. The van der Waals surface area contributed by atoms with Crippen LogP contribution in [0.2, 0.25) is 5.02 Å². The second-order valence-electron chi connectivity index (χ2n) is 2.88. The maximum atomic E-state index is 8.72. The average Bonchev–Trinajstić information content (AvgIpc) is 2.32. The molecule has 0 amide bonds. The van der Waals surface area contributed by atoms with Crippen molar-refractivity contribution < 1.29 is 0 Å². The molecule has 0 atom stereocenters. The van der Waals surface area contributed by atoms with Gasteiger partial charge in [-0.15, -0.1) is 0 Å². The van der Waals surface area contributed by atoms with Crippen LogP contribution in [0, 0.1) is 11.3 Å². The molecule has 2 aromatic rings. The molecule has 0 aliphatic carbocycles. The Hall–Kier alpha value is -1.57. The summed E-state index contributed by atoms with van der Waals surface area (Å²) in [7, 11) is 0. The highest BCUT2D eigenvalue weighted by Crippen LogP contribution is 2.30. The molecule has 2 rings (SSSR count). The summed E-state index contributed by atoms with van der Waals surface area (Å²) in [4.78, 5) is 8.95. The fourth-order valence-corrected chi connectivity index (χ4v) is 2.13. The number of aromatic nitrogens is 2. The highest BCUT2D eigenvalue weighted by molar-refractivity contribution is 7.99. The van der Waals surface area contributed by atoms with E-state index < -0.39 is 0 Å². The predicted octanol–water partition coefficient (Wildman–Crippen LogP) is 3.15. The molecule has 0 radical (unpaired) electrons. The molecule has 0 aliphatic heterocycles. The number of hydrogen-bond donors (Lipinski definition) is 0. The van der Waals surface area contributed by atoms with E-state index in [1.165, 1.54) is 11.8 Å². The fraction of sp³-hybridized carbons (Fsp3) is 0. The largest absolute Gasteiger partial charge is 0.248 e. The minimum Gasteiger partial charge on any atom is -0.248 e. The molecule has 3 nitrogen and oxygen atoms in total. The zero-order valence-corrected chi connectivity index (χ0v) is 9.66. The molecule has 2 heterocycles. The minimum absolute atomic E-state index is 0.386. The van der Waals surface area contributed by atoms with Crippen LogP contribution in [-0.2, 0) is 0 Å². The maximum Gasteiger partial charge on any atom is 0.141 e. The molecule has 0 aliphatic rings. The second-order valence-corrected chi connectivity index (χ2v) is 4.35. The topological polar surface area (TPSA) is 49.6 Å². The van der Waals surface area contributed by atoms with E-state index in [-0.39, 0.29) is 0 Å². The van der Waals surface area contributed by atoms with Crippen molar-refractivity contribution in [3.05, 3.63) is 47.4 Å². The molecule has 0 spiro atoms. The molecule has 0 saturated heterocycles. The van der Waals surface area contributed by atoms with E-state index in [1.54, 1.807) is 30.6 Å². The van der Waals surface area contributed by atoms with Gasteiger partial charge in [0.05, 0.1) is 5.02 Å². The molecule has 0 aromatic carbocycles. The van der Waals surface area contributed by atoms with Gasteiger partial charge in [-0.05, 0) is 24.3 Å². The predicted molar refractivity (Wildman–Crippen MR) is 62.3 cm³/mol. The normalized spacial score (nSPS) is 9.75. The Morgan fingerprint density at radius 3 is 2.88 bits per heavy atom. The van der Waals surface area contributed by atoms with E-state index in [2.05, 4.69) is 9.97 Å². The van der Waals surface area contributed by atoms with Crippen molar-refractivity contribution in [3.63, 3.8) is 0 Å². The first-order valence-electron chi connectivity index (χ1n) is 4.44. The summed E-state index contributed by atoms with van der Waals surface area (Å²) in [5.41, 5.74) is 0.386. The van der Waals surface area contributed by atoms with Crippen LogP contribution in [0.5, 0.6) is 0 Å². The Morgan fingerprint density at radius 2 is 2.12 bits per heavy atom. The molecule has 0 unspecified atom stereocenters. The third kappa shape index (κ3) is 2.51. The lowest BCUT2D eigenvalue weighted by Gasteiger charge is -2.02. The van der Waals surface area contributed by atoms with Crippen molar-refractivity contribution in [3.8, 4) is 6.07 Å². The van der Waals surface area contributed by atoms with Gasteiger partial charge in [-0.3, -0.25) is 0 Å². The SMILES string of the molecule is N#Cc1cc(Sc2ncccc2Cl)ccn1. The van der Waals surface area contributed by atoms with E-state index in [0.717, 1.165) is 9.92 Å². The number of hydrogen-bond acceptors (Lipinski definition) is 4. The van der Waals surface area contributed by atoms with Crippen molar-refractivity contribution in [2.24, 2.45) is 0 Å². The third-order valence-corrected chi connectivity index (χ3v) is 3.21. The van der Waals surface area contributed by atoms with E-state index in [0.29, 0.717) is 10.7 Å². The standard InChI is InChI=1S/C11H6ClN3S/c12-10-2-1-4-15-11(10)16-9-3-5-14-8(6-9)7-13/h1-6H. The minimum atomic E-state index is 0.386. The molecule has 0 saturated carbocycles. The zero-order valence-electron chi connectivity index (χ0n) is 8.09. The van der Waals surface area contributed by atoms with Crippen LogP contribution >= 0.6 is 23.4 Å². The Kier molecular flexibility index (Phi) is 3.40. The summed E-state index contributed by atoms with van der Waals surface area (Å²) in [6, 6.07) is 9.07. The lowest BCUT2D eigenvalue weighted by Crippen LogP contribution is -1.84. The van der Waals surface area contributed by atoms with E-state index in [4.69, 9.17) is 16.9 Å². The quantitative estimate of drug-likeness (QED) is 0.818. The van der Waals surface area contributed by atoms with E-state index in [1.807, 2.05) is 12.1 Å². The average molecular weight is 248 g/mol. The zero-order chi connectivity index (χ0) is 11.4. The molecular formula is C11H6ClN3S. The highest BCUT2D eigenvalue weighted by atomic mass is 35.5. The van der Waals surface area contributed by atoms with Crippen molar-refractivity contribution in [1.82, 2.24) is 9.97 Å². The lowest BCUT2D eigenvalue weighted by atomic mass is 10.4. The monoisotopic (exact) mass is 247 g/mol. The van der Waals surface area contributed by atoms with Gasteiger partial charge < -0.3 is 0 Å². The van der Waals surface area contributed by atoms with Crippen molar-refractivity contribution >= 4 is 23.4 Å². The van der Waals surface area contributed by atoms with Gasteiger partial charge in [0, 0.05) is 17.3 Å². The number of rotatable bonds is 2. The number of pyridine rings is 2. The van der Waals surface area contributed by atoms with Gasteiger partial charge in [-0.1, -0.05) is 23.4 Å². The lowest BCUT2D eigenvalue weighted by molar-refractivity contribution is 1.13. The van der Waals surface area contributed by atoms with Crippen molar-refractivity contribution in [1.29, 1.82) is 5.26 Å². The summed E-state index contributed by atoms with van der Waals surface area (Å²) >= 11 is 7.39. The summed E-state index contributed by atoms with van der Waals surface area (Å²) in [5, 5.41) is 10.0. The van der Waals surface area contributed by atoms with Gasteiger partial charge in [0.15, 0.2) is 0 Å². The Balaban J connectivity index is 2.28. The van der Waals surface area contributed by atoms with E-state index >= 15 is 0 Å². The van der Waals surface area contributed by atoms with Crippen molar-refractivity contribution in [2.45, 2.75) is 9.92 Å². The van der Waals surface area contributed by atoms with Gasteiger partial charge in [0.25, 0.3) is 0 Å². The third-order valence-electron chi connectivity index (χ3n) is 1.79. The summed E-state index contributed by atoms with van der Waals surface area (Å²) < 4.78 is 0. The fourth-order valence-electron chi connectivity index (χ4n) is 1.09. The maximum absolute atomic E-state index is 8.72. The molecule has 0 bridgehead atoms. The summed E-state index contributed by atoms with van der Waals surface area (Å²) in [6.45, 7) is 0. The van der Waals surface area contributed by atoms with Crippen LogP contribution in [0.15, 0.2) is 46.6 Å². The summed E-state index contributed by atoms with van der Waals surface area (Å²) in [6.07, 6.45) is 3.28.